The molecule has 1 rings (SSSR count). The number of nitrogens with one attached hydrogen (secondary N) is 2. The molecule has 0 saturated heterocycles. The van der Waals surface area contributed by atoms with E-state index < -0.39 is 0 Å². The van der Waals surface area contributed by atoms with Crippen molar-refractivity contribution < 1.29 is 4.79 Å². The third kappa shape index (κ3) is 7.67. The molecule has 0 spiro atoms. The first-order valence-corrected chi connectivity index (χ1v) is 7.44. The van der Waals surface area contributed by atoms with Crippen LogP contribution in [0.2, 0.25) is 0 Å². The second-order valence-electron chi connectivity index (χ2n) is 5.51. The highest BCUT2D eigenvalue weighted by molar-refractivity contribution is 5.75. The minimum atomic E-state index is 0.111. The van der Waals surface area contributed by atoms with Crippen LogP contribution in [0.1, 0.15) is 58.3 Å². The Hall–Kier alpha value is -0.610. The number of carbonyl (C=O) groups excluding carboxylic acids is 1. The van der Waals surface area contributed by atoms with Gasteiger partial charge in [0.25, 0.3) is 0 Å². The lowest BCUT2D eigenvalue weighted by Crippen LogP contribution is -2.37. The van der Waals surface area contributed by atoms with Gasteiger partial charge in [0.05, 0.1) is 0 Å². The van der Waals surface area contributed by atoms with Crippen LogP contribution in [0.3, 0.4) is 0 Å². The summed E-state index contributed by atoms with van der Waals surface area (Å²) in [4.78, 5) is 11.5. The first kappa shape index (κ1) is 15.4. The van der Waals surface area contributed by atoms with E-state index in [9.17, 15) is 4.79 Å². The Morgan fingerprint density at radius 2 is 1.89 bits per heavy atom. The minimum Gasteiger partial charge on any atom is -0.355 e. The Morgan fingerprint density at radius 3 is 2.50 bits per heavy atom. The lowest BCUT2D eigenvalue weighted by molar-refractivity contribution is -0.121. The van der Waals surface area contributed by atoms with Crippen LogP contribution in [0.15, 0.2) is 0 Å². The van der Waals surface area contributed by atoms with Gasteiger partial charge in [-0.1, -0.05) is 25.7 Å². The molecule has 4 nitrogen and oxygen atoms in total. The van der Waals surface area contributed by atoms with Crippen molar-refractivity contribution in [3.8, 4) is 0 Å². The fraction of sp³-hybridized carbons (Fsp3) is 0.929. The summed E-state index contributed by atoms with van der Waals surface area (Å²) in [5.74, 6) is 0.120. The molecule has 0 aromatic rings. The van der Waals surface area contributed by atoms with E-state index in [0.717, 1.165) is 19.5 Å². The molecule has 0 aromatic carbocycles. The summed E-state index contributed by atoms with van der Waals surface area (Å²) in [6, 6.07) is 0.772. The number of hydrogen-bond donors (Lipinski definition) is 3. The van der Waals surface area contributed by atoms with Crippen molar-refractivity contribution in [2.45, 2.75) is 70.4 Å². The quantitative estimate of drug-likeness (QED) is 0.477. The smallest absolute Gasteiger partial charge is 0.220 e. The lowest BCUT2D eigenvalue weighted by atomic mass is 10.1. The van der Waals surface area contributed by atoms with E-state index >= 15 is 0 Å². The van der Waals surface area contributed by atoms with Gasteiger partial charge in [-0.05, 0) is 26.2 Å². The van der Waals surface area contributed by atoms with Crippen LogP contribution in [0.25, 0.3) is 0 Å². The minimum absolute atomic E-state index is 0.111. The topological polar surface area (TPSA) is 67.2 Å². The summed E-state index contributed by atoms with van der Waals surface area (Å²) >= 11 is 0. The van der Waals surface area contributed by atoms with Crippen LogP contribution in [0.4, 0.5) is 0 Å². The van der Waals surface area contributed by atoms with Crippen LogP contribution >= 0.6 is 0 Å². The molecule has 1 aliphatic rings. The number of amides is 1. The molecule has 0 radical (unpaired) electrons. The molecule has 106 valence electrons. The zero-order valence-electron chi connectivity index (χ0n) is 11.7. The van der Waals surface area contributed by atoms with Crippen molar-refractivity contribution in [1.29, 1.82) is 0 Å². The zero-order valence-corrected chi connectivity index (χ0v) is 11.7. The van der Waals surface area contributed by atoms with Crippen molar-refractivity contribution in [2.24, 2.45) is 5.73 Å². The van der Waals surface area contributed by atoms with Gasteiger partial charge in [0.15, 0.2) is 0 Å². The molecule has 0 heterocycles. The van der Waals surface area contributed by atoms with Crippen molar-refractivity contribution in [1.82, 2.24) is 10.6 Å². The van der Waals surface area contributed by atoms with E-state index in [1.165, 1.54) is 38.5 Å². The highest BCUT2D eigenvalue weighted by Crippen LogP contribution is 2.16. The summed E-state index contributed by atoms with van der Waals surface area (Å²) in [6.07, 6.45) is 9.34. The largest absolute Gasteiger partial charge is 0.355 e. The fourth-order valence-corrected chi connectivity index (χ4v) is 2.41. The second kappa shape index (κ2) is 9.34. The molecule has 0 aliphatic heterocycles. The monoisotopic (exact) mass is 255 g/mol. The van der Waals surface area contributed by atoms with Gasteiger partial charge in [-0.3, -0.25) is 4.79 Å². The zero-order chi connectivity index (χ0) is 13.2. The molecule has 4 heteroatoms. The predicted molar refractivity (Wildman–Crippen MR) is 75.4 cm³/mol. The third-order valence-electron chi connectivity index (χ3n) is 3.56. The standard InChI is InChI=1S/C14H29N3O/c1-12(15)8-9-14(18)17-11-10-16-13-6-4-2-3-5-7-13/h12-13,16H,2-11,15H2,1H3,(H,17,18). The van der Waals surface area contributed by atoms with Crippen LogP contribution in [0, 0.1) is 0 Å². The maximum atomic E-state index is 11.5. The molecule has 1 fully saturated rings. The van der Waals surface area contributed by atoms with Crippen molar-refractivity contribution >= 4 is 5.91 Å². The van der Waals surface area contributed by atoms with Crippen molar-refractivity contribution in [3.63, 3.8) is 0 Å². The Labute approximate surface area is 111 Å². The van der Waals surface area contributed by atoms with E-state index in [0.29, 0.717) is 12.5 Å². The number of rotatable bonds is 7. The molecule has 18 heavy (non-hydrogen) atoms. The first-order chi connectivity index (χ1) is 8.68. The molecule has 1 atom stereocenters. The van der Waals surface area contributed by atoms with E-state index in [-0.39, 0.29) is 11.9 Å². The molecule has 1 unspecified atom stereocenters. The SMILES string of the molecule is CC(N)CCC(=O)NCCNC1CCCCCC1. The average molecular weight is 255 g/mol. The number of carbonyl (C=O) groups is 1. The van der Waals surface area contributed by atoms with E-state index in [4.69, 9.17) is 5.73 Å². The predicted octanol–water partition coefficient (Wildman–Crippen LogP) is 1.54. The summed E-state index contributed by atoms with van der Waals surface area (Å²) in [6.45, 7) is 3.55. The normalized spacial score (nSPS) is 19.2. The molecule has 1 aliphatic carbocycles. The van der Waals surface area contributed by atoms with Crippen LogP contribution < -0.4 is 16.4 Å². The van der Waals surface area contributed by atoms with Gasteiger partial charge in [-0.15, -0.1) is 0 Å². The van der Waals surface area contributed by atoms with E-state index in [1.54, 1.807) is 0 Å². The molecule has 1 saturated carbocycles. The van der Waals surface area contributed by atoms with Gasteiger partial charge < -0.3 is 16.4 Å². The van der Waals surface area contributed by atoms with Crippen molar-refractivity contribution in [3.05, 3.63) is 0 Å². The Balaban J connectivity index is 1.98. The highest BCUT2D eigenvalue weighted by Gasteiger charge is 2.11. The van der Waals surface area contributed by atoms with Crippen LogP contribution in [-0.4, -0.2) is 31.1 Å². The van der Waals surface area contributed by atoms with Gasteiger partial charge in [0, 0.05) is 31.6 Å². The van der Waals surface area contributed by atoms with Gasteiger partial charge in [-0.2, -0.15) is 0 Å². The van der Waals surface area contributed by atoms with Gasteiger partial charge in [0.2, 0.25) is 5.91 Å². The number of hydrogen-bond acceptors (Lipinski definition) is 3. The van der Waals surface area contributed by atoms with Gasteiger partial charge in [0.1, 0.15) is 0 Å². The average Bonchev–Trinajstić information content (AvgIpc) is 2.60. The maximum absolute atomic E-state index is 11.5. The second-order valence-corrected chi connectivity index (χ2v) is 5.51. The summed E-state index contributed by atoms with van der Waals surface area (Å²) in [5, 5.41) is 6.48. The van der Waals surface area contributed by atoms with E-state index in [1.807, 2.05) is 6.92 Å². The number of nitrogens with two attached hydrogens (primary N) is 1. The summed E-state index contributed by atoms with van der Waals surface area (Å²) < 4.78 is 0. The summed E-state index contributed by atoms with van der Waals surface area (Å²) in [5.41, 5.74) is 5.62. The van der Waals surface area contributed by atoms with Crippen molar-refractivity contribution in [2.75, 3.05) is 13.1 Å². The third-order valence-corrected chi connectivity index (χ3v) is 3.56. The molecular formula is C14H29N3O. The lowest BCUT2D eigenvalue weighted by Gasteiger charge is -2.16. The highest BCUT2D eigenvalue weighted by atomic mass is 16.1. The van der Waals surface area contributed by atoms with Gasteiger partial charge in [-0.25, -0.2) is 0 Å². The maximum Gasteiger partial charge on any atom is 0.220 e. The fourth-order valence-electron chi connectivity index (χ4n) is 2.41. The van der Waals surface area contributed by atoms with Crippen LogP contribution in [0.5, 0.6) is 0 Å². The molecular weight excluding hydrogens is 226 g/mol. The first-order valence-electron chi connectivity index (χ1n) is 7.44. The summed E-state index contributed by atoms with van der Waals surface area (Å²) in [7, 11) is 0. The Kier molecular flexibility index (Phi) is 8.01. The molecule has 1 amide bonds. The Morgan fingerprint density at radius 1 is 1.22 bits per heavy atom. The molecule has 0 bridgehead atoms. The molecule has 0 aromatic heterocycles. The van der Waals surface area contributed by atoms with Gasteiger partial charge >= 0.3 is 0 Å². The Bertz CT molecular complexity index is 223. The van der Waals surface area contributed by atoms with Crippen LogP contribution in [-0.2, 0) is 4.79 Å². The van der Waals surface area contributed by atoms with E-state index in [2.05, 4.69) is 10.6 Å². The molecule has 4 N–H and O–H groups in total.